The van der Waals surface area contributed by atoms with E-state index in [2.05, 4.69) is 36.8 Å². The first-order valence-corrected chi connectivity index (χ1v) is 11.1. The Morgan fingerprint density at radius 2 is 1.70 bits per heavy atom. The summed E-state index contributed by atoms with van der Waals surface area (Å²) in [5, 5.41) is 15.0. The molecule has 0 aliphatic carbocycles. The van der Waals surface area contributed by atoms with Crippen LogP contribution in [0.1, 0.15) is 39.3 Å². The van der Waals surface area contributed by atoms with E-state index >= 15 is 0 Å². The van der Waals surface area contributed by atoms with Crippen molar-refractivity contribution < 1.29 is 9.59 Å². The van der Waals surface area contributed by atoms with Crippen molar-refractivity contribution in [3.63, 3.8) is 0 Å². The number of carbonyl (C=O) groups is 2. The van der Waals surface area contributed by atoms with Gasteiger partial charge in [-0.15, -0.1) is 10.2 Å². The molecular weight excluding hydrogens is 466 g/mol. The zero-order valence-corrected chi connectivity index (χ0v) is 18.7. The van der Waals surface area contributed by atoms with Gasteiger partial charge in [0, 0.05) is 22.4 Å². The molecule has 1 saturated heterocycles. The van der Waals surface area contributed by atoms with Gasteiger partial charge in [-0.1, -0.05) is 45.0 Å². The summed E-state index contributed by atoms with van der Waals surface area (Å²) in [5.74, 6) is -0.300. The second-order valence-corrected chi connectivity index (χ2v) is 8.98. The van der Waals surface area contributed by atoms with E-state index < -0.39 is 0 Å². The van der Waals surface area contributed by atoms with E-state index in [1.165, 1.54) is 11.3 Å². The summed E-state index contributed by atoms with van der Waals surface area (Å²) < 4.78 is 0.949. The molecule has 1 fully saturated rings. The summed E-state index contributed by atoms with van der Waals surface area (Å²) in [7, 11) is 0. The van der Waals surface area contributed by atoms with E-state index in [-0.39, 0.29) is 23.0 Å². The van der Waals surface area contributed by atoms with Gasteiger partial charge in [0.25, 0.3) is 5.91 Å². The van der Waals surface area contributed by atoms with E-state index in [1.54, 1.807) is 4.90 Å². The highest BCUT2D eigenvalue weighted by Gasteiger charge is 2.33. The van der Waals surface area contributed by atoms with Crippen molar-refractivity contribution in [2.75, 3.05) is 17.2 Å². The average molecular weight is 486 g/mol. The molecule has 0 spiro atoms. The van der Waals surface area contributed by atoms with E-state index in [9.17, 15) is 9.59 Å². The molecule has 0 bridgehead atoms. The number of hydrogen-bond acceptors (Lipinski definition) is 5. The summed E-state index contributed by atoms with van der Waals surface area (Å²) in [6.07, 6.45) is 1.67. The van der Waals surface area contributed by atoms with Crippen molar-refractivity contribution in [2.45, 2.75) is 25.8 Å². The van der Waals surface area contributed by atoms with Gasteiger partial charge in [-0.2, -0.15) is 0 Å². The summed E-state index contributed by atoms with van der Waals surface area (Å²) in [5.41, 5.74) is 2.55. The number of anilines is 2. The Balaban J connectivity index is 1.43. The number of halogens is 1. The second kappa shape index (κ2) is 8.93. The Kier molecular flexibility index (Phi) is 6.10. The number of aryl methyl sites for hydroxylation is 1. The largest absolute Gasteiger partial charge is 0.322 e. The minimum absolute atomic E-state index is 0.180. The van der Waals surface area contributed by atoms with Crippen LogP contribution < -0.4 is 10.6 Å². The lowest BCUT2D eigenvalue weighted by molar-refractivity contribution is 0.102. The lowest BCUT2D eigenvalue weighted by atomic mass is 10.2. The molecule has 1 aromatic heterocycles. The summed E-state index contributed by atoms with van der Waals surface area (Å²) in [4.78, 5) is 27.0. The highest BCUT2D eigenvalue weighted by atomic mass is 79.9. The molecule has 154 valence electrons. The standard InChI is InChI=1S/C21H20BrN5O2S/c1-13-4-8-15(9-5-13)23-18(28)20-26-25-19(30-20)17-3-2-12-27(17)21(29)24-16-10-6-14(22)7-11-16/h4-11,17H,2-3,12H2,1H3,(H,23,28)(H,24,29). The third-order valence-corrected chi connectivity index (χ3v) is 6.39. The molecule has 2 N–H and O–H groups in total. The van der Waals surface area contributed by atoms with Crippen molar-refractivity contribution in [1.82, 2.24) is 15.1 Å². The molecule has 3 aromatic rings. The molecule has 9 heteroatoms. The van der Waals surface area contributed by atoms with E-state index in [1.807, 2.05) is 55.5 Å². The van der Waals surface area contributed by atoms with E-state index in [0.717, 1.165) is 28.6 Å². The Hall–Kier alpha value is -2.78. The normalized spacial score (nSPS) is 15.8. The number of aromatic nitrogens is 2. The van der Waals surface area contributed by atoms with Gasteiger partial charge in [0.05, 0.1) is 6.04 Å². The fourth-order valence-corrected chi connectivity index (χ4v) is 4.43. The van der Waals surface area contributed by atoms with Crippen LogP contribution in [0.25, 0.3) is 0 Å². The van der Waals surface area contributed by atoms with Crippen molar-refractivity contribution >= 4 is 50.6 Å². The zero-order valence-electron chi connectivity index (χ0n) is 16.3. The van der Waals surface area contributed by atoms with Gasteiger partial charge in [-0.05, 0) is 56.2 Å². The van der Waals surface area contributed by atoms with E-state index in [0.29, 0.717) is 17.2 Å². The molecule has 1 atom stereocenters. The van der Waals surface area contributed by atoms with Crippen LogP contribution in [-0.4, -0.2) is 33.6 Å². The second-order valence-electron chi connectivity index (χ2n) is 7.05. The average Bonchev–Trinajstić information content (AvgIpc) is 3.40. The number of nitrogens with one attached hydrogen (secondary N) is 2. The van der Waals surface area contributed by atoms with Gasteiger partial charge in [-0.3, -0.25) is 4.79 Å². The third kappa shape index (κ3) is 4.68. The van der Waals surface area contributed by atoms with Crippen molar-refractivity contribution in [2.24, 2.45) is 0 Å². The Labute approximate surface area is 186 Å². The molecular formula is C21H20BrN5O2S. The van der Waals surface area contributed by atoms with Crippen LogP contribution in [-0.2, 0) is 0 Å². The molecule has 3 amide bonds. The summed E-state index contributed by atoms with van der Waals surface area (Å²) in [6, 6.07) is 14.6. The number of benzene rings is 2. The van der Waals surface area contributed by atoms with Crippen molar-refractivity contribution in [1.29, 1.82) is 0 Å². The highest BCUT2D eigenvalue weighted by Crippen LogP contribution is 2.34. The molecule has 0 radical (unpaired) electrons. The number of urea groups is 1. The summed E-state index contributed by atoms with van der Waals surface area (Å²) in [6.45, 7) is 2.63. The Morgan fingerprint density at radius 1 is 1.03 bits per heavy atom. The van der Waals surface area contributed by atoms with Gasteiger partial charge in [-0.25, -0.2) is 4.79 Å². The molecule has 0 saturated carbocycles. The molecule has 2 aromatic carbocycles. The predicted octanol–water partition coefficient (Wildman–Crippen LogP) is 5.23. The number of nitrogens with zero attached hydrogens (tertiary/aromatic N) is 3. The lowest BCUT2D eigenvalue weighted by Crippen LogP contribution is -2.34. The third-order valence-electron chi connectivity index (χ3n) is 4.84. The lowest BCUT2D eigenvalue weighted by Gasteiger charge is -2.23. The maximum absolute atomic E-state index is 12.8. The smallest absolute Gasteiger partial charge is 0.320 e. The first kappa shape index (κ1) is 20.5. The number of amides is 3. The Bertz CT molecular complexity index is 1050. The predicted molar refractivity (Wildman–Crippen MR) is 121 cm³/mol. The fraction of sp³-hybridized carbons (Fsp3) is 0.238. The monoisotopic (exact) mass is 485 g/mol. The van der Waals surface area contributed by atoms with Crippen molar-refractivity contribution in [3.05, 3.63) is 68.6 Å². The number of rotatable bonds is 4. The molecule has 7 nitrogen and oxygen atoms in total. The molecule has 30 heavy (non-hydrogen) atoms. The minimum Gasteiger partial charge on any atom is -0.320 e. The molecule has 1 unspecified atom stereocenters. The van der Waals surface area contributed by atoms with Gasteiger partial charge in [0.1, 0.15) is 5.01 Å². The highest BCUT2D eigenvalue weighted by molar-refractivity contribution is 9.10. The molecule has 2 heterocycles. The topological polar surface area (TPSA) is 87.2 Å². The molecule has 1 aliphatic heterocycles. The fourth-order valence-electron chi connectivity index (χ4n) is 3.28. The van der Waals surface area contributed by atoms with Crippen LogP contribution in [0, 0.1) is 6.92 Å². The van der Waals surface area contributed by atoms with Crippen LogP contribution in [0.4, 0.5) is 16.2 Å². The van der Waals surface area contributed by atoms with Crippen molar-refractivity contribution in [3.8, 4) is 0 Å². The van der Waals surface area contributed by atoms with Gasteiger partial charge in [0.15, 0.2) is 0 Å². The minimum atomic E-state index is -0.300. The maximum atomic E-state index is 12.8. The maximum Gasteiger partial charge on any atom is 0.322 e. The van der Waals surface area contributed by atoms with Crippen LogP contribution in [0.2, 0.25) is 0 Å². The Morgan fingerprint density at radius 3 is 2.43 bits per heavy atom. The molecule has 1 aliphatic rings. The molecule has 4 rings (SSSR count). The van der Waals surface area contributed by atoms with Gasteiger partial charge < -0.3 is 15.5 Å². The van der Waals surface area contributed by atoms with Gasteiger partial charge in [0.2, 0.25) is 5.01 Å². The van der Waals surface area contributed by atoms with Crippen LogP contribution in [0.3, 0.4) is 0 Å². The first-order chi connectivity index (χ1) is 14.5. The number of hydrogen-bond donors (Lipinski definition) is 2. The van der Waals surface area contributed by atoms with Crippen LogP contribution >= 0.6 is 27.3 Å². The van der Waals surface area contributed by atoms with E-state index in [4.69, 9.17) is 0 Å². The summed E-state index contributed by atoms with van der Waals surface area (Å²) >= 11 is 4.61. The first-order valence-electron chi connectivity index (χ1n) is 9.54. The van der Waals surface area contributed by atoms with Crippen LogP contribution in [0.15, 0.2) is 53.0 Å². The van der Waals surface area contributed by atoms with Gasteiger partial charge >= 0.3 is 6.03 Å². The van der Waals surface area contributed by atoms with Crippen LogP contribution in [0.5, 0.6) is 0 Å². The quantitative estimate of drug-likeness (QED) is 0.529. The number of likely N-dealkylation sites (tertiary alicyclic amines) is 1. The zero-order chi connectivity index (χ0) is 21.1. The SMILES string of the molecule is Cc1ccc(NC(=O)c2nnc(C3CCCN3C(=O)Nc3ccc(Br)cc3)s2)cc1. The number of carbonyl (C=O) groups excluding carboxylic acids is 2.